The zero-order chi connectivity index (χ0) is 16.1. The number of carbonyl (C=O) groups is 1. The third-order valence-electron chi connectivity index (χ3n) is 3.83. The second kappa shape index (κ2) is 7.64. The number of hydrogen-bond acceptors (Lipinski definition) is 4. The monoisotopic (exact) mass is 333 g/mol. The van der Waals surface area contributed by atoms with Crippen LogP contribution in [0.15, 0.2) is 40.8 Å². The maximum atomic E-state index is 12.0. The smallest absolute Gasteiger partial charge is 0.234 e. The van der Waals surface area contributed by atoms with Crippen LogP contribution in [0.1, 0.15) is 5.76 Å². The van der Waals surface area contributed by atoms with Crippen LogP contribution in [0.5, 0.6) is 0 Å². The Bertz CT molecular complexity index is 648. The van der Waals surface area contributed by atoms with Crippen LogP contribution in [-0.4, -0.2) is 43.5 Å². The Balaban J connectivity index is 1.50. The van der Waals surface area contributed by atoms with Crippen molar-refractivity contribution in [2.24, 2.45) is 0 Å². The summed E-state index contributed by atoms with van der Waals surface area (Å²) in [5, 5.41) is 6.87. The molecule has 0 bridgehead atoms. The fourth-order valence-corrected chi connectivity index (χ4v) is 2.68. The van der Waals surface area contributed by atoms with E-state index in [1.54, 1.807) is 0 Å². The number of furan rings is 1. The first-order valence-corrected chi connectivity index (χ1v) is 8.13. The van der Waals surface area contributed by atoms with Gasteiger partial charge in [-0.05, 0) is 36.4 Å². The van der Waals surface area contributed by atoms with Crippen LogP contribution in [0, 0.1) is 0 Å². The first-order valence-electron chi connectivity index (χ1n) is 7.75. The maximum Gasteiger partial charge on any atom is 0.234 e. The molecule has 1 amide bonds. The van der Waals surface area contributed by atoms with Crippen LogP contribution in [0.25, 0.3) is 11.3 Å². The van der Waals surface area contributed by atoms with E-state index in [-0.39, 0.29) is 5.91 Å². The fraction of sp³-hybridized carbons (Fsp3) is 0.353. The lowest BCUT2D eigenvalue weighted by molar-refractivity contribution is -0.122. The summed E-state index contributed by atoms with van der Waals surface area (Å²) in [5.74, 6) is 1.54. The molecule has 0 unspecified atom stereocenters. The van der Waals surface area contributed by atoms with E-state index in [9.17, 15) is 4.79 Å². The molecule has 6 heteroatoms. The van der Waals surface area contributed by atoms with Gasteiger partial charge in [0.05, 0.1) is 13.1 Å². The van der Waals surface area contributed by atoms with Gasteiger partial charge in [-0.25, -0.2) is 0 Å². The van der Waals surface area contributed by atoms with E-state index >= 15 is 0 Å². The lowest BCUT2D eigenvalue weighted by Crippen LogP contribution is -2.47. The summed E-state index contributed by atoms with van der Waals surface area (Å²) >= 11 is 5.88. The van der Waals surface area contributed by atoms with Gasteiger partial charge in [0.25, 0.3) is 0 Å². The van der Waals surface area contributed by atoms with Crippen LogP contribution in [0.2, 0.25) is 5.02 Å². The third-order valence-corrected chi connectivity index (χ3v) is 4.08. The van der Waals surface area contributed by atoms with E-state index in [1.807, 2.05) is 36.4 Å². The van der Waals surface area contributed by atoms with Crippen LogP contribution >= 0.6 is 11.6 Å². The molecule has 122 valence electrons. The van der Waals surface area contributed by atoms with Gasteiger partial charge in [0.15, 0.2) is 0 Å². The highest BCUT2D eigenvalue weighted by Gasteiger charge is 2.13. The number of amides is 1. The predicted octanol–water partition coefficient (Wildman–Crippen LogP) is 2.12. The van der Waals surface area contributed by atoms with Crippen molar-refractivity contribution < 1.29 is 9.21 Å². The molecule has 1 aromatic heterocycles. The van der Waals surface area contributed by atoms with E-state index in [4.69, 9.17) is 16.0 Å². The topological polar surface area (TPSA) is 57.5 Å². The Kier molecular flexibility index (Phi) is 5.33. The molecule has 1 aliphatic heterocycles. The largest absolute Gasteiger partial charge is 0.459 e. The summed E-state index contributed by atoms with van der Waals surface area (Å²) in [6.07, 6.45) is 0. The number of nitrogens with zero attached hydrogens (tertiary/aromatic N) is 1. The fourth-order valence-electron chi connectivity index (χ4n) is 2.56. The Morgan fingerprint density at radius 3 is 2.65 bits per heavy atom. The number of benzene rings is 1. The highest BCUT2D eigenvalue weighted by Crippen LogP contribution is 2.23. The molecule has 23 heavy (non-hydrogen) atoms. The second-order valence-electron chi connectivity index (χ2n) is 5.58. The third kappa shape index (κ3) is 4.58. The minimum Gasteiger partial charge on any atom is -0.459 e. The standard InChI is InChI=1S/C17H20ClN3O2/c18-14-3-1-13(2-4-14)16-6-5-15(23-16)11-20-17(22)12-21-9-7-19-8-10-21/h1-6,19H,7-12H2,(H,20,22). The van der Waals surface area contributed by atoms with Crippen molar-refractivity contribution in [3.8, 4) is 11.3 Å². The minimum atomic E-state index is 0.0244. The van der Waals surface area contributed by atoms with Crippen molar-refractivity contribution in [2.75, 3.05) is 32.7 Å². The van der Waals surface area contributed by atoms with Crippen LogP contribution in [-0.2, 0) is 11.3 Å². The van der Waals surface area contributed by atoms with Gasteiger partial charge >= 0.3 is 0 Å². The van der Waals surface area contributed by atoms with E-state index in [0.29, 0.717) is 18.1 Å². The summed E-state index contributed by atoms with van der Waals surface area (Å²) < 4.78 is 5.77. The van der Waals surface area contributed by atoms with Gasteiger partial charge in [-0.15, -0.1) is 0 Å². The molecule has 1 aromatic carbocycles. The molecule has 1 fully saturated rings. The molecule has 0 atom stereocenters. The molecule has 0 saturated carbocycles. The molecular weight excluding hydrogens is 314 g/mol. The highest BCUT2D eigenvalue weighted by atomic mass is 35.5. The number of hydrogen-bond donors (Lipinski definition) is 2. The molecule has 0 radical (unpaired) electrons. The molecule has 2 heterocycles. The van der Waals surface area contributed by atoms with Crippen LogP contribution in [0.4, 0.5) is 0 Å². The molecule has 2 aromatic rings. The van der Waals surface area contributed by atoms with Gasteiger partial charge in [-0.3, -0.25) is 9.69 Å². The van der Waals surface area contributed by atoms with Gasteiger partial charge in [-0.2, -0.15) is 0 Å². The van der Waals surface area contributed by atoms with Crippen molar-refractivity contribution in [3.63, 3.8) is 0 Å². The van der Waals surface area contributed by atoms with Crippen LogP contribution in [0.3, 0.4) is 0 Å². The van der Waals surface area contributed by atoms with Gasteiger partial charge in [0, 0.05) is 36.8 Å². The van der Waals surface area contributed by atoms with Crippen molar-refractivity contribution >= 4 is 17.5 Å². The molecule has 5 nitrogen and oxygen atoms in total. The summed E-state index contributed by atoms with van der Waals surface area (Å²) in [7, 11) is 0. The lowest BCUT2D eigenvalue weighted by atomic mass is 10.2. The van der Waals surface area contributed by atoms with Gasteiger partial charge in [0.2, 0.25) is 5.91 Å². The Labute approximate surface area is 140 Å². The van der Waals surface area contributed by atoms with Crippen molar-refractivity contribution in [2.45, 2.75) is 6.54 Å². The lowest BCUT2D eigenvalue weighted by Gasteiger charge is -2.26. The first kappa shape index (κ1) is 16.1. The quantitative estimate of drug-likeness (QED) is 0.880. The number of halogens is 1. The van der Waals surface area contributed by atoms with Gasteiger partial charge in [-0.1, -0.05) is 11.6 Å². The SMILES string of the molecule is O=C(CN1CCNCC1)NCc1ccc(-c2ccc(Cl)cc2)o1. The Morgan fingerprint density at radius 2 is 1.91 bits per heavy atom. The zero-order valence-electron chi connectivity index (χ0n) is 12.8. The van der Waals surface area contributed by atoms with Crippen LogP contribution < -0.4 is 10.6 Å². The highest BCUT2D eigenvalue weighted by molar-refractivity contribution is 6.30. The van der Waals surface area contributed by atoms with E-state index in [0.717, 1.165) is 43.3 Å². The average Bonchev–Trinajstić information content (AvgIpc) is 3.04. The summed E-state index contributed by atoms with van der Waals surface area (Å²) in [5.41, 5.74) is 0.966. The second-order valence-corrected chi connectivity index (χ2v) is 6.01. The van der Waals surface area contributed by atoms with E-state index in [2.05, 4.69) is 15.5 Å². The predicted molar refractivity (Wildman–Crippen MR) is 90.3 cm³/mol. The number of carbonyl (C=O) groups excluding carboxylic acids is 1. The number of piperazine rings is 1. The average molecular weight is 334 g/mol. The zero-order valence-corrected chi connectivity index (χ0v) is 13.6. The maximum absolute atomic E-state index is 12.0. The number of rotatable bonds is 5. The van der Waals surface area contributed by atoms with Crippen molar-refractivity contribution in [3.05, 3.63) is 47.2 Å². The van der Waals surface area contributed by atoms with E-state index in [1.165, 1.54) is 0 Å². The van der Waals surface area contributed by atoms with E-state index < -0.39 is 0 Å². The van der Waals surface area contributed by atoms with Crippen molar-refractivity contribution in [1.82, 2.24) is 15.5 Å². The summed E-state index contributed by atoms with van der Waals surface area (Å²) in [6, 6.07) is 11.3. The molecule has 0 spiro atoms. The minimum absolute atomic E-state index is 0.0244. The Hall–Kier alpha value is -1.82. The molecule has 2 N–H and O–H groups in total. The Morgan fingerprint density at radius 1 is 1.17 bits per heavy atom. The van der Waals surface area contributed by atoms with Gasteiger partial charge < -0.3 is 15.1 Å². The number of nitrogens with one attached hydrogen (secondary N) is 2. The summed E-state index contributed by atoms with van der Waals surface area (Å²) in [4.78, 5) is 14.1. The van der Waals surface area contributed by atoms with Gasteiger partial charge in [0.1, 0.15) is 11.5 Å². The summed E-state index contributed by atoms with van der Waals surface area (Å²) in [6.45, 7) is 4.54. The normalized spacial score (nSPS) is 15.5. The molecule has 0 aliphatic carbocycles. The molecular formula is C17H20ClN3O2. The molecule has 1 aliphatic rings. The van der Waals surface area contributed by atoms with Crippen molar-refractivity contribution in [1.29, 1.82) is 0 Å². The molecule has 3 rings (SSSR count). The first-order chi connectivity index (χ1) is 11.2. The molecule has 1 saturated heterocycles.